The molecule has 0 amide bonds. The van der Waals surface area contributed by atoms with Gasteiger partial charge in [-0.3, -0.25) is 0 Å². The van der Waals surface area contributed by atoms with E-state index in [9.17, 15) is 0 Å². The van der Waals surface area contributed by atoms with E-state index in [1.54, 1.807) is 18.4 Å². The fraction of sp³-hybridized carbons (Fsp3) is 0.250. The fourth-order valence-electron chi connectivity index (χ4n) is 3.16. The van der Waals surface area contributed by atoms with Gasteiger partial charge in [-0.25, -0.2) is 4.98 Å². The highest BCUT2D eigenvalue weighted by atomic mass is 32.1. The molecule has 1 aliphatic rings. The Morgan fingerprint density at radius 2 is 2.16 bits per heavy atom. The maximum Gasteiger partial charge on any atom is 0.119 e. The zero-order valence-electron chi connectivity index (χ0n) is 14.5. The first-order chi connectivity index (χ1) is 12.2. The number of fused-ring (bicyclic) bond motifs is 1. The third kappa shape index (κ3) is 3.33. The highest BCUT2D eigenvalue weighted by Crippen LogP contribution is 2.30. The van der Waals surface area contributed by atoms with E-state index in [-0.39, 0.29) is 0 Å². The fourth-order valence-corrected chi connectivity index (χ4v) is 3.90. The number of rotatable bonds is 5. The summed E-state index contributed by atoms with van der Waals surface area (Å²) in [4.78, 5) is 7.05. The number of methoxy groups -OCH3 is 1. The molecule has 0 atom stereocenters. The molecule has 1 N–H and O–H groups in total. The van der Waals surface area contributed by atoms with E-state index in [4.69, 9.17) is 9.72 Å². The predicted octanol–water partition coefficient (Wildman–Crippen LogP) is 4.42. The van der Waals surface area contributed by atoms with E-state index in [1.807, 2.05) is 18.2 Å². The van der Waals surface area contributed by atoms with Gasteiger partial charge in [0.1, 0.15) is 10.8 Å². The SMILES string of the molecule is COc1cccc(-c2csc(CNc3ccc4c(c3)CCN4C)n2)c1. The molecule has 2 heterocycles. The van der Waals surface area contributed by atoms with Gasteiger partial charge in [0.2, 0.25) is 0 Å². The van der Waals surface area contributed by atoms with E-state index in [2.05, 4.69) is 46.9 Å². The number of benzene rings is 2. The molecule has 0 unspecified atom stereocenters. The number of hydrogen-bond donors (Lipinski definition) is 1. The molecule has 3 aromatic rings. The van der Waals surface area contributed by atoms with Gasteiger partial charge in [0, 0.05) is 35.9 Å². The number of nitrogens with zero attached hydrogens (tertiary/aromatic N) is 2. The lowest BCUT2D eigenvalue weighted by Crippen LogP contribution is -2.12. The van der Waals surface area contributed by atoms with Crippen molar-refractivity contribution < 1.29 is 4.74 Å². The van der Waals surface area contributed by atoms with Crippen LogP contribution in [0.2, 0.25) is 0 Å². The maximum atomic E-state index is 5.29. The monoisotopic (exact) mass is 351 g/mol. The number of ether oxygens (including phenoxy) is 1. The second-order valence-electron chi connectivity index (χ2n) is 6.23. The number of anilines is 2. The molecule has 0 spiro atoms. The standard InChI is InChI=1S/C20H21N3OS/c1-23-9-8-15-10-16(6-7-19(15)23)21-12-20-22-18(13-25-20)14-4-3-5-17(11-14)24-2/h3-7,10-11,13,21H,8-9,12H2,1-2H3. The van der Waals surface area contributed by atoms with Gasteiger partial charge >= 0.3 is 0 Å². The van der Waals surface area contributed by atoms with Gasteiger partial charge in [-0.05, 0) is 42.3 Å². The third-order valence-corrected chi connectivity index (χ3v) is 5.42. The van der Waals surface area contributed by atoms with Crippen molar-refractivity contribution in [2.75, 3.05) is 30.9 Å². The Kier molecular flexibility index (Phi) is 4.32. The lowest BCUT2D eigenvalue weighted by Gasteiger charge is -2.12. The van der Waals surface area contributed by atoms with Gasteiger partial charge in [-0.1, -0.05) is 12.1 Å². The molecule has 4 rings (SSSR count). The van der Waals surface area contributed by atoms with Crippen LogP contribution in [0.5, 0.6) is 5.75 Å². The summed E-state index contributed by atoms with van der Waals surface area (Å²) < 4.78 is 5.29. The summed E-state index contributed by atoms with van der Waals surface area (Å²) in [6, 6.07) is 14.6. The normalized spacial score (nSPS) is 13.0. The van der Waals surface area contributed by atoms with Crippen molar-refractivity contribution in [2.24, 2.45) is 0 Å². The van der Waals surface area contributed by atoms with Crippen LogP contribution < -0.4 is 15.0 Å². The Hall–Kier alpha value is -2.53. The summed E-state index contributed by atoms with van der Waals surface area (Å²) in [5, 5.41) is 6.68. The van der Waals surface area contributed by atoms with Crippen molar-refractivity contribution in [3.63, 3.8) is 0 Å². The lowest BCUT2D eigenvalue weighted by molar-refractivity contribution is 0.415. The molecule has 0 fully saturated rings. The van der Waals surface area contributed by atoms with Crippen LogP contribution in [0.25, 0.3) is 11.3 Å². The van der Waals surface area contributed by atoms with Gasteiger partial charge in [0.05, 0.1) is 19.3 Å². The molecule has 0 bridgehead atoms. The first-order valence-electron chi connectivity index (χ1n) is 8.40. The van der Waals surface area contributed by atoms with Crippen molar-refractivity contribution in [3.05, 3.63) is 58.4 Å². The van der Waals surface area contributed by atoms with Gasteiger partial charge in [-0.2, -0.15) is 0 Å². The van der Waals surface area contributed by atoms with Crippen LogP contribution in [0.4, 0.5) is 11.4 Å². The van der Waals surface area contributed by atoms with Crippen LogP contribution in [0.1, 0.15) is 10.6 Å². The molecular weight excluding hydrogens is 330 g/mol. The topological polar surface area (TPSA) is 37.4 Å². The Bertz CT molecular complexity index is 890. The third-order valence-electron chi connectivity index (χ3n) is 4.57. The van der Waals surface area contributed by atoms with Gasteiger partial charge in [0.15, 0.2) is 0 Å². The van der Waals surface area contributed by atoms with Gasteiger partial charge in [0.25, 0.3) is 0 Å². The average Bonchev–Trinajstić information content (AvgIpc) is 3.27. The Balaban J connectivity index is 1.45. The summed E-state index contributed by atoms with van der Waals surface area (Å²) in [6.45, 7) is 1.85. The minimum Gasteiger partial charge on any atom is -0.497 e. The number of thiazole rings is 1. The smallest absolute Gasteiger partial charge is 0.119 e. The summed E-state index contributed by atoms with van der Waals surface area (Å²) in [5.74, 6) is 0.855. The lowest BCUT2D eigenvalue weighted by atomic mass is 10.1. The van der Waals surface area contributed by atoms with Crippen LogP contribution in [0, 0.1) is 0 Å². The van der Waals surface area contributed by atoms with Crippen molar-refractivity contribution in [1.82, 2.24) is 4.98 Å². The van der Waals surface area contributed by atoms with E-state index < -0.39 is 0 Å². The molecule has 25 heavy (non-hydrogen) atoms. The van der Waals surface area contributed by atoms with Crippen LogP contribution in [-0.4, -0.2) is 25.7 Å². The first-order valence-corrected chi connectivity index (χ1v) is 9.27. The van der Waals surface area contributed by atoms with Crippen molar-refractivity contribution in [1.29, 1.82) is 0 Å². The second kappa shape index (κ2) is 6.76. The Morgan fingerprint density at radius 3 is 3.04 bits per heavy atom. The summed E-state index contributed by atoms with van der Waals surface area (Å²) >= 11 is 1.68. The molecule has 0 saturated carbocycles. The number of aromatic nitrogens is 1. The number of likely N-dealkylation sites (N-methyl/N-ethyl adjacent to an activating group) is 1. The largest absolute Gasteiger partial charge is 0.497 e. The Labute approximate surface area is 152 Å². The maximum absolute atomic E-state index is 5.29. The first kappa shape index (κ1) is 16.0. The van der Waals surface area contributed by atoms with Crippen LogP contribution in [-0.2, 0) is 13.0 Å². The molecule has 0 saturated heterocycles. The van der Waals surface area contributed by atoms with E-state index >= 15 is 0 Å². The molecule has 0 aliphatic carbocycles. The van der Waals surface area contributed by atoms with E-state index in [0.717, 1.165) is 47.2 Å². The zero-order valence-corrected chi connectivity index (χ0v) is 15.3. The molecule has 128 valence electrons. The summed E-state index contributed by atoms with van der Waals surface area (Å²) in [7, 11) is 3.83. The molecule has 0 radical (unpaired) electrons. The zero-order chi connectivity index (χ0) is 17.2. The molecule has 2 aromatic carbocycles. The highest BCUT2D eigenvalue weighted by molar-refractivity contribution is 7.09. The van der Waals surface area contributed by atoms with Crippen LogP contribution in [0.3, 0.4) is 0 Å². The molecular formula is C20H21N3OS. The minimum atomic E-state index is 0.739. The van der Waals surface area contributed by atoms with E-state index in [0.29, 0.717) is 0 Å². The Morgan fingerprint density at radius 1 is 1.24 bits per heavy atom. The molecule has 4 nitrogen and oxygen atoms in total. The number of nitrogens with one attached hydrogen (secondary N) is 1. The van der Waals surface area contributed by atoms with E-state index in [1.165, 1.54) is 11.3 Å². The van der Waals surface area contributed by atoms with Crippen molar-refractivity contribution in [2.45, 2.75) is 13.0 Å². The van der Waals surface area contributed by atoms with Crippen LogP contribution in [0.15, 0.2) is 47.8 Å². The summed E-state index contributed by atoms with van der Waals surface area (Å²) in [5.41, 5.74) is 6.01. The van der Waals surface area contributed by atoms with Crippen molar-refractivity contribution >= 4 is 22.7 Å². The van der Waals surface area contributed by atoms with Crippen LogP contribution >= 0.6 is 11.3 Å². The van der Waals surface area contributed by atoms with Crippen molar-refractivity contribution in [3.8, 4) is 17.0 Å². The molecule has 5 heteroatoms. The average molecular weight is 351 g/mol. The van der Waals surface area contributed by atoms with Gasteiger partial charge < -0.3 is 15.0 Å². The molecule has 1 aliphatic heterocycles. The van der Waals surface area contributed by atoms with Gasteiger partial charge in [-0.15, -0.1) is 11.3 Å². The quantitative estimate of drug-likeness (QED) is 0.738. The minimum absolute atomic E-state index is 0.739. The predicted molar refractivity (Wildman–Crippen MR) is 105 cm³/mol. The summed E-state index contributed by atoms with van der Waals surface area (Å²) in [6.07, 6.45) is 1.12. The molecule has 1 aromatic heterocycles. The second-order valence-corrected chi connectivity index (χ2v) is 7.17. The highest BCUT2D eigenvalue weighted by Gasteiger charge is 2.15. The number of hydrogen-bond acceptors (Lipinski definition) is 5.